The van der Waals surface area contributed by atoms with Crippen LogP contribution in [0, 0.1) is 0 Å². The smallest absolute Gasteiger partial charge is 0.0978 e. The number of hydrogen-bond acceptors (Lipinski definition) is 4. The number of fused-ring (bicyclic) bond motifs is 24. The third kappa shape index (κ3) is 10.4. The Bertz CT molecular complexity index is 8780. The maximum Gasteiger partial charge on any atom is 0.0978 e. The molecular formula is C112H68N8. The number of aromatic nitrogens is 8. The molecule has 0 aliphatic heterocycles. The Morgan fingerprint density at radius 3 is 0.908 bits per heavy atom. The molecule has 26 rings (SSSR count). The first kappa shape index (κ1) is 67.2. The zero-order chi connectivity index (χ0) is 78.6. The molecule has 0 amide bonds. The van der Waals surface area contributed by atoms with Gasteiger partial charge in [0.15, 0.2) is 0 Å². The summed E-state index contributed by atoms with van der Waals surface area (Å²) in [6.45, 7) is 0. The van der Waals surface area contributed by atoms with Crippen LogP contribution in [-0.4, -0.2) is 38.2 Å². The van der Waals surface area contributed by atoms with Crippen LogP contribution >= 0.6 is 0 Å². The predicted molar refractivity (Wildman–Crippen MR) is 503 cm³/mol. The summed E-state index contributed by atoms with van der Waals surface area (Å²) in [6, 6.07) is 145. The van der Waals surface area contributed by atoms with Crippen LogP contribution in [-0.2, 0) is 0 Å². The number of rotatable bonds is 8. The van der Waals surface area contributed by atoms with Gasteiger partial charge < -0.3 is 18.3 Å². The first-order chi connectivity index (χ1) is 59.5. The first-order valence-corrected chi connectivity index (χ1v) is 41.0. The number of nitrogens with zero attached hydrogens (tertiary/aromatic N) is 8. The third-order valence-corrected chi connectivity index (χ3v) is 25.0. The van der Waals surface area contributed by atoms with Crippen LogP contribution in [0.3, 0.4) is 0 Å². The molecule has 120 heavy (non-hydrogen) atoms. The van der Waals surface area contributed by atoms with Gasteiger partial charge in [0.2, 0.25) is 0 Å². The van der Waals surface area contributed by atoms with Gasteiger partial charge in [0.1, 0.15) is 0 Å². The molecule has 8 nitrogen and oxygen atoms in total. The number of hydrogen-bond donors (Lipinski definition) is 0. The summed E-state index contributed by atoms with van der Waals surface area (Å²) in [5.74, 6) is 0. The van der Waals surface area contributed by atoms with Crippen LogP contribution in [0.15, 0.2) is 413 Å². The fourth-order valence-electron chi connectivity index (χ4n) is 19.6. The van der Waals surface area contributed by atoms with E-state index in [0.29, 0.717) is 0 Å². The van der Waals surface area contributed by atoms with Gasteiger partial charge in [-0.15, -0.1) is 0 Å². The molecule has 0 atom stereocenters. The highest BCUT2D eigenvalue weighted by molar-refractivity contribution is 6.26. The van der Waals surface area contributed by atoms with Crippen molar-refractivity contribution in [3.8, 4) is 67.3 Å². The zero-order valence-corrected chi connectivity index (χ0v) is 64.8. The van der Waals surface area contributed by atoms with Gasteiger partial charge >= 0.3 is 0 Å². The van der Waals surface area contributed by atoms with Crippen LogP contribution in [0.2, 0.25) is 0 Å². The molecule has 0 saturated carbocycles. The minimum atomic E-state index is 0.926. The van der Waals surface area contributed by atoms with Crippen LogP contribution in [0.5, 0.6) is 0 Å². The lowest BCUT2D eigenvalue weighted by Crippen LogP contribution is -1.98. The van der Waals surface area contributed by atoms with Crippen molar-refractivity contribution in [1.82, 2.24) is 38.2 Å². The molecule has 0 aliphatic rings. The lowest BCUT2D eigenvalue weighted by Gasteiger charge is -2.14. The lowest BCUT2D eigenvalue weighted by molar-refractivity contribution is 1.15. The highest BCUT2D eigenvalue weighted by atomic mass is 15.1. The second-order valence-electron chi connectivity index (χ2n) is 31.5. The topological polar surface area (TPSA) is 71.3 Å². The minimum absolute atomic E-state index is 0.926. The summed E-state index contributed by atoms with van der Waals surface area (Å²) in [7, 11) is 0. The summed E-state index contributed by atoms with van der Waals surface area (Å²) in [5.41, 5.74) is 29.3. The molecule has 556 valence electrons. The minimum Gasteiger partial charge on any atom is -0.307 e. The summed E-state index contributed by atoms with van der Waals surface area (Å²) >= 11 is 0. The molecule has 26 aromatic rings. The van der Waals surface area contributed by atoms with E-state index in [-0.39, 0.29) is 0 Å². The van der Waals surface area contributed by atoms with Crippen LogP contribution < -0.4 is 0 Å². The van der Waals surface area contributed by atoms with E-state index >= 15 is 0 Å². The predicted octanol–water partition coefficient (Wildman–Crippen LogP) is 29.2. The Balaban J connectivity index is 0.000000134. The van der Waals surface area contributed by atoms with Crippen molar-refractivity contribution in [2.45, 2.75) is 0 Å². The average molecular weight is 1530 g/mol. The van der Waals surface area contributed by atoms with Crippen molar-refractivity contribution in [2.24, 2.45) is 0 Å². The van der Waals surface area contributed by atoms with Crippen molar-refractivity contribution in [2.75, 3.05) is 0 Å². The first-order valence-electron chi connectivity index (χ1n) is 41.0. The van der Waals surface area contributed by atoms with E-state index in [1.54, 1.807) is 0 Å². The van der Waals surface area contributed by atoms with Crippen LogP contribution in [0.1, 0.15) is 0 Å². The Kier molecular flexibility index (Phi) is 15.0. The molecule has 0 fully saturated rings. The van der Waals surface area contributed by atoms with Crippen molar-refractivity contribution in [3.63, 3.8) is 0 Å². The highest BCUT2D eigenvalue weighted by Gasteiger charge is 2.25. The standard InChI is InChI=1S/C60H36N4.C52H32N4/c1-2-12-45(13-3-1)63-54-18-8-5-14-47(54)49-30-31-50-48-15-6-9-19-55(48)64(60(50)59(49)63)46-27-24-37(25-28-46)39-20-21-40-35-44-36-42(23-22-41(44)34-43(40)33-39)56-51-16-4-7-17-53(51)62-58-52(56)29-26-38-11-10-32-61-57(38)58;1-2-15-37(16-3-1)55-46-21-8-5-17-39(46)41-29-30-42-40-18-6-9-22-47(40)56(52(42)51(41)55)38-26-23-33(24-27-38)35-12-10-13-36(32-35)48-43-19-4-7-20-45(43)54-50-44(48)28-25-34-14-11-31-53-49(34)50/h1-36H;1-32H. The molecule has 0 radical (unpaired) electrons. The normalized spacial score (nSPS) is 12.0. The molecular weight excluding hydrogens is 1460 g/mol. The third-order valence-electron chi connectivity index (χ3n) is 25.0. The molecule has 0 saturated heterocycles. The van der Waals surface area contributed by atoms with Gasteiger partial charge in [-0.05, 0) is 182 Å². The van der Waals surface area contributed by atoms with E-state index < -0.39 is 0 Å². The Hall–Kier alpha value is -16.2. The number of para-hydroxylation sites is 8. The molecule has 8 heteroatoms. The Morgan fingerprint density at radius 2 is 0.483 bits per heavy atom. The Labute approximate surface area is 687 Å². The van der Waals surface area contributed by atoms with Crippen LogP contribution in [0.4, 0.5) is 0 Å². The van der Waals surface area contributed by atoms with Crippen molar-refractivity contribution >= 4 is 174 Å². The molecule has 18 aromatic carbocycles. The molecule has 8 aromatic heterocycles. The van der Waals surface area contributed by atoms with Gasteiger partial charge in [-0.2, -0.15) is 0 Å². The van der Waals surface area contributed by atoms with E-state index in [2.05, 4.69) is 407 Å². The van der Waals surface area contributed by atoms with E-state index in [4.69, 9.17) is 19.9 Å². The zero-order valence-electron chi connectivity index (χ0n) is 64.8. The van der Waals surface area contributed by atoms with Gasteiger partial charge in [0.25, 0.3) is 0 Å². The lowest BCUT2D eigenvalue weighted by atomic mass is 9.92. The quantitative estimate of drug-likeness (QED) is 0.112. The van der Waals surface area contributed by atoms with Gasteiger partial charge in [-0.3, -0.25) is 9.97 Å². The van der Waals surface area contributed by atoms with Crippen molar-refractivity contribution < 1.29 is 0 Å². The number of benzene rings is 18. The van der Waals surface area contributed by atoms with Crippen molar-refractivity contribution in [3.05, 3.63) is 413 Å². The van der Waals surface area contributed by atoms with Gasteiger partial charge in [0.05, 0.1) is 77.2 Å². The van der Waals surface area contributed by atoms with Gasteiger partial charge in [-0.25, -0.2) is 9.97 Å². The maximum absolute atomic E-state index is 5.14. The second kappa shape index (κ2) is 26.7. The van der Waals surface area contributed by atoms with E-state index in [0.717, 1.165) is 105 Å². The molecule has 8 heterocycles. The summed E-state index contributed by atoms with van der Waals surface area (Å²) in [6.07, 6.45) is 3.71. The second-order valence-corrected chi connectivity index (χ2v) is 31.5. The van der Waals surface area contributed by atoms with Crippen molar-refractivity contribution in [1.29, 1.82) is 0 Å². The van der Waals surface area contributed by atoms with Gasteiger partial charge in [0, 0.05) is 122 Å². The Morgan fingerprint density at radius 1 is 0.167 bits per heavy atom. The fourth-order valence-corrected chi connectivity index (χ4v) is 19.6. The van der Waals surface area contributed by atoms with Gasteiger partial charge in [-0.1, -0.05) is 273 Å². The molecule has 0 N–H and O–H groups in total. The SMILES string of the molecule is c1ccc(-n2c3ccccc3c3ccc4c5ccccc5n(-c5ccc(-c6ccc7cc8cc(-c9c%10ccccc%10nc%10c9ccc9cccnc9%10)ccc8cc7c6)cc5)c4c32)cc1.c1ccc(-n2c3ccccc3c3ccc4c5ccccc5n(-c5ccc(-c6cccc(-c7c8ccccc8nc8c7ccc7cccnc78)c6)cc5)c4c32)cc1. The fraction of sp³-hybridized carbons (Fsp3) is 0. The van der Waals surface area contributed by atoms with Crippen LogP contribution in [0.25, 0.3) is 241 Å². The van der Waals surface area contributed by atoms with E-state index in [1.807, 2.05) is 24.5 Å². The summed E-state index contributed by atoms with van der Waals surface area (Å²) in [5, 5.41) is 21.5. The molecule has 0 unspecified atom stereocenters. The van der Waals surface area contributed by atoms with E-state index in [1.165, 1.54) is 137 Å². The summed E-state index contributed by atoms with van der Waals surface area (Å²) in [4.78, 5) is 19.8. The number of pyridine rings is 4. The highest BCUT2D eigenvalue weighted by Crippen LogP contribution is 2.47. The molecule has 0 spiro atoms. The van der Waals surface area contributed by atoms with E-state index in [9.17, 15) is 0 Å². The molecule has 0 aliphatic carbocycles. The monoisotopic (exact) mass is 1520 g/mol. The summed E-state index contributed by atoms with van der Waals surface area (Å²) < 4.78 is 9.80. The molecule has 0 bridgehead atoms. The maximum atomic E-state index is 5.14. The average Bonchev–Trinajstić information content (AvgIpc) is 1.53. The largest absolute Gasteiger partial charge is 0.307 e.